The number of nitrogens with one attached hydrogen (secondary N) is 2. The third kappa shape index (κ3) is 2.43. The number of aromatic amines is 1. The van der Waals surface area contributed by atoms with Crippen molar-refractivity contribution in [1.29, 1.82) is 0 Å². The van der Waals surface area contributed by atoms with Crippen molar-refractivity contribution in [3.8, 4) is 0 Å². The highest BCUT2D eigenvalue weighted by Gasteiger charge is 2.13. The normalized spacial score (nSPS) is 12.9. The molecule has 1 aromatic heterocycles. The van der Waals surface area contributed by atoms with E-state index in [1.807, 2.05) is 6.92 Å². The van der Waals surface area contributed by atoms with Gasteiger partial charge in [0.25, 0.3) is 5.91 Å². The second kappa shape index (κ2) is 4.53. The van der Waals surface area contributed by atoms with E-state index in [1.165, 1.54) is 0 Å². The Kier molecular flexibility index (Phi) is 3.08. The Morgan fingerprint density at radius 3 is 2.65 bits per heavy atom. The molecule has 0 unspecified atom stereocenters. The molecule has 1 aromatic carbocycles. The number of hydrogen-bond acceptors (Lipinski definition) is 3. The Morgan fingerprint density at radius 1 is 1.24 bits per heavy atom. The van der Waals surface area contributed by atoms with Crippen molar-refractivity contribution in [2.75, 3.05) is 0 Å². The van der Waals surface area contributed by atoms with Crippen LogP contribution in [0.3, 0.4) is 0 Å². The molecule has 1 amide bonds. The fraction of sp³-hybridized carbons (Fsp3) is 0.417. The van der Waals surface area contributed by atoms with Gasteiger partial charge in [0.05, 0.1) is 0 Å². The van der Waals surface area contributed by atoms with Crippen LogP contribution in [0.2, 0.25) is 0 Å². The molecule has 0 bridgehead atoms. The Balaban J connectivity index is 2.18. The lowest BCUT2D eigenvalue weighted by molar-refractivity contribution is 0.0930. The van der Waals surface area contributed by atoms with Gasteiger partial charge in [-0.3, -0.25) is 4.79 Å². The van der Waals surface area contributed by atoms with Gasteiger partial charge in [-0.25, -0.2) is 0 Å². The van der Waals surface area contributed by atoms with Gasteiger partial charge in [-0.05, 0) is 31.0 Å². The maximum absolute atomic E-state index is 12.0. The van der Waals surface area contributed by atoms with Crippen LogP contribution < -0.4 is 5.32 Å². The van der Waals surface area contributed by atoms with Gasteiger partial charge in [-0.1, -0.05) is 13.8 Å². The molecule has 1 heterocycles. The number of carbonyl (C=O) groups is 1. The predicted molar refractivity (Wildman–Crippen MR) is 65.7 cm³/mol. The van der Waals surface area contributed by atoms with Gasteiger partial charge < -0.3 is 5.32 Å². The standard InChI is InChI=1S/C12H16N4O/c1-7(2)8(3)13-12(17)9-4-5-10-11(6-9)15-16-14-10/h4-8H,1-3H3,(H,13,17)(H,14,15,16)/t8-/m1/s1. The zero-order chi connectivity index (χ0) is 12.4. The van der Waals surface area contributed by atoms with Gasteiger partial charge in [0.1, 0.15) is 11.0 Å². The minimum atomic E-state index is -0.0731. The summed E-state index contributed by atoms with van der Waals surface area (Å²) in [7, 11) is 0. The van der Waals surface area contributed by atoms with Crippen molar-refractivity contribution >= 4 is 16.9 Å². The molecule has 5 heteroatoms. The molecule has 90 valence electrons. The first kappa shape index (κ1) is 11.6. The van der Waals surface area contributed by atoms with Gasteiger partial charge in [-0.15, -0.1) is 0 Å². The van der Waals surface area contributed by atoms with Crippen LogP contribution in [0.5, 0.6) is 0 Å². The minimum absolute atomic E-state index is 0.0731. The third-order valence-electron chi connectivity index (χ3n) is 2.94. The van der Waals surface area contributed by atoms with Gasteiger partial charge in [0.15, 0.2) is 0 Å². The van der Waals surface area contributed by atoms with Gasteiger partial charge in [0.2, 0.25) is 0 Å². The summed E-state index contributed by atoms with van der Waals surface area (Å²) in [6, 6.07) is 5.43. The van der Waals surface area contributed by atoms with Gasteiger partial charge in [0, 0.05) is 11.6 Å². The summed E-state index contributed by atoms with van der Waals surface area (Å²) in [5, 5.41) is 13.4. The summed E-state index contributed by atoms with van der Waals surface area (Å²) in [5.41, 5.74) is 2.08. The monoisotopic (exact) mass is 232 g/mol. The molecular weight excluding hydrogens is 216 g/mol. The van der Waals surface area contributed by atoms with Crippen molar-refractivity contribution in [3.05, 3.63) is 23.8 Å². The molecule has 2 rings (SSSR count). The van der Waals surface area contributed by atoms with Crippen LogP contribution in [-0.2, 0) is 0 Å². The molecular formula is C12H16N4O. The smallest absolute Gasteiger partial charge is 0.251 e. The average Bonchev–Trinajstić information content (AvgIpc) is 2.75. The molecule has 5 nitrogen and oxygen atoms in total. The summed E-state index contributed by atoms with van der Waals surface area (Å²) < 4.78 is 0. The van der Waals surface area contributed by atoms with Crippen molar-refractivity contribution in [1.82, 2.24) is 20.7 Å². The highest BCUT2D eigenvalue weighted by molar-refractivity contribution is 5.97. The third-order valence-corrected chi connectivity index (χ3v) is 2.94. The Labute approximate surface area is 99.6 Å². The summed E-state index contributed by atoms with van der Waals surface area (Å²) in [4.78, 5) is 12.0. The molecule has 0 aliphatic heterocycles. The average molecular weight is 232 g/mol. The predicted octanol–water partition coefficient (Wildman–Crippen LogP) is 1.73. The maximum Gasteiger partial charge on any atom is 0.251 e. The van der Waals surface area contributed by atoms with E-state index in [4.69, 9.17) is 0 Å². The highest BCUT2D eigenvalue weighted by Crippen LogP contribution is 2.11. The number of nitrogens with zero attached hydrogens (tertiary/aromatic N) is 2. The molecule has 0 radical (unpaired) electrons. The van der Waals surface area contributed by atoms with Gasteiger partial charge >= 0.3 is 0 Å². The second-order valence-corrected chi connectivity index (χ2v) is 4.53. The van der Waals surface area contributed by atoms with E-state index >= 15 is 0 Å². The second-order valence-electron chi connectivity index (χ2n) is 4.53. The van der Waals surface area contributed by atoms with Crippen LogP contribution in [-0.4, -0.2) is 27.4 Å². The molecule has 17 heavy (non-hydrogen) atoms. The minimum Gasteiger partial charge on any atom is -0.349 e. The van der Waals surface area contributed by atoms with E-state index in [-0.39, 0.29) is 11.9 Å². The number of benzene rings is 1. The number of hydrogen-bond donors (Lipinski definition) is 2. The van der Waals surface area contributed by atoms with Crippen molar-refractivity contribution in [2.24, 2.45) is 5.92 Å². The Hall–Kier alpha value is -1.91. The van der Waals surface area contributed by atoms with Crippen LogP contribution in [0.1, 0.15) is 31.1 Å². The number of fused-ring (bicyclic) bond motifs is 1. The van der Waals surface area contributed by atoms with Crippen LogP contribution in [0.15, 0.2) is 18.2 Å². The molecule has 0 aliphatic carbocycles. The van der Waals surface area contributed by atoms with E-state index in [9.17, 15) is 4.79 Å². The van der Waals surface area contributed by atoms with Crippen LogP contribution >= 0.6 is 0 Å². The van der Waals surface area contributed by atoms with E-state index in [0.717, 1.165) is 5.52 Å². The number of carbonyl (C=O) groups excluding carboxylic acids is 1. The molecule has 0 spiro atoms. The molecule has 2 aromatic rings. The Bertz CT molecular complexity index is 532. The van der Waals surface area contributed by atoms with Crippen molar-refractivity contribution < 1.29 is 4.79 Å². The van der Waals surface area contributed by atoms with E-state index in [1.54, 1.807) is 18.2 Å². The summed E-state index contributed by atoms with van der Waals surface area (Å²) >= 11 is 0. The lowest BCUT2D eigenvalue weighted by atomic mass is 10.1. The van der Waals surface area contributed by atoms with Crippen LogP contribution in [0.25, 0.3) is 11.0 Å². The molecule has 2 N–H and O–H groups in total. The molecule has 0 fully saturated rings. The van der Waals surface area contributed by atoms with Crippen LogP contribution in [0, 0.1) is 5.92 Å². The molecule has 1 atom stereocenters. The first-order valence-electron chi connectivity index (χ1n) is 5.69. The Morgan fingerprint density at radius 2 is 1.94 bits per heavy atom. The van der Waals surface area contributed by atoms with Crippen LogP contribution in [0.4, 0.5) is 0 Å². The molecule has 0 saturated heterocycles. The van der Waals surface area contributed by atoms with Gasteiger partial charge in [-0.2, -0.15) is 15.4 Å². The maximum atomic E-state index is 12.0. The van der Waals surface area contributed by atoms with E-state index in [2.05, 4.69) is 34.6 Å². The quantitative estimate of drug-likeness (QED) is 0.846. The number of aromatic nitrogens is 3. The van der Waals surface area contributed by atoms with E-state index < -0.39 is 0 Å². The molecule has 0 aliphatic rings. The lowest BCUT2D eigenvalue weighted by Gasteiger charge is -2.17. The lowest BCUT2D eigenvalue weighted by Crippen LogP contribution is -2.36. The van der Waals surface area contributed by atoms with E-state index in [0.29, 0.717) is 17.0 Å². The first-order valence-corrected chi connectivity index (χ1v) is 5.69. The summed E-state index contributed by atoms with van der Waals surface area (Å²) in [6.45, 7) is 6.15. The van der Waals surface area contributed by atoms with Crippen molar-refractivity contribution in [2.45, 2.75) is 26.8 Å². The largest absolute Gasteiger partial charge is 0.349 e. The SMILES string of the molecule is CC(C)[C@@H](C)NC(=O)c1ccc2n[nH]nc2c1. The van der Waals surface area contributed by atoms with Crippen molar-refractivity contribution in [3.63, 3.8) is 0 Å². The first-order chi connectivity index (χ1) is 8.08. The fourth-order valence-corrected chi connectivity index (χ4v) is 1.44. The zero-order valence-electron chi connectivity index (χ0n) is 10.2. The summed E-state index contributed by atoms with van der Waals surface area (Å²) in [5.74, 6) is 0.339. The zero-order valence-corrected chi connectivity index (χ0v) is 10.2. The fourth-order valence-electron chi connectivity index (χ4n) is 1.44. The number of H-pyrrole nitrogens is 1. The number of amides is 1. The highest BCUT2D eigenvalue weighted by atomic mass is 16.1. The molecule has 0 saturated carbocycles. The topological polar surface area (TPSA) is 70.7 Å². The number of rotatable bonds is 3. The summed E-state index contributed by atoms with van der Waals surface area (Å²) in [6.07, 6.45) is 0.